The molecule has 1 aromatic carbocycles. The summed E-state index contributed by atoms with van der Waals surface area (Å²) < 4.78 is 24.5. The molecule has 150 valence electrons. The van der Waals surface area contributed by atoms with Gasteiger partial charge < -0.3 is 5.11 Å². The van der Waals surface area contributed by atoms with Gasteiger partial charge in [-0.25, -0.2) is 8.42 Å². The first-order valence-corrected chi connectivity index (χ1v) is 11.3. The second-order valence-corrected chi connectivity index (χ2v) is 9.52. The SMILES string of the molecule is CC(C)=CCCC(C)=CCCC(C)=CCCCS(=O)(=O)c1ccc(O)cc1. The van der Waals surface area contributed by atoms with E-state index in [2.05, 4.69) is 45.9 Å². The number of hydrogen-bond acceptors (Lipinski definition) is 3. The van der Waals surface area contributed by atoms with E-state index < -0.39 is 9.84 Å². The van der Waals surface area contributed by atoms with E-state index in [1.807, 2.05) is 0 Å². The molecule has 4 heteroatoms. The number of rotatable bonds is 11. The van der Waals surface area contributed by atoms with Crippen molar-refractivity contribution in [2.24, 2.45) is 0 Å². The molecule has 0 aliphatic carbocycles. The van der Waals surface area contributed by atoms with Crippen molar-refractivity contribution in [1.29, 1.82) is 0 Å². The minimum Gasteiger partial charge on any atom is -0.508 e. The molecular weight excluding hydrogens is 356 g/mol. The topological polar surface area (TPSA) is 54.4 Å². The summed E-state index contributed by atoms with van der Waals surface area (Å²) in [4.78, 5) is 0.273. The highest BCUT2D eigenvalue weighted by molar-refractivity contribution is 7.91. The lowest BCUT2D eigenvalue weighted by Crippen LogP contribution is -2.06. The molecule has 3 nitrogen and oxygen atoms in total. The highest BCUT2D eigenvalue weighted by Crippen LogP contribution is 2.17. The van der Waals surface area contributed by atoms with E-state index in [1.54, 1.807) is 0 Å². The Morgan fingerprint density at radius 2 is 1.37 bits per heavy atom. The van der Waals surface area contributed by atoms with Crippen molar-refractivity contribution in [1.82, 2.24) is 0 Å². The predicted octanol–water partition coefficient (Wildman–Crippen LogP) is 6.37. The number of unbranched alkanes of at least 4 members (excludes halogenated alkanes) is 1. The molecule has 1 aromatic rings. The Labute approximate surface area is 165 Å². The molecule has 0 aromatic heterocycles. The maximum atomic E-state index is 12.2. The molecule has 0 atom stereocenters. The highest BCUT2D eigenvalue weighted by atomic mass is 32.2. The van der Waals surface area contributed by atoms with Gasteiger partial charge in [0.15, 0.2) is 9.84 Å². The van der Waals surface area contributed by atoms with Gasteiger partial charge in [-0.2, -0.15) is 0 Å². The van der Waals surface area contributed by atoms with Gasteiger partial charge in [-0.1, -0.05) is 34.9 Å². The summed E-state index contributed by atoms with van der Waals surface area (Å²) in [5.41, 5.74) is 4.11. The van der Waals surface area contributed by atoms with Crippen LogP contribution in [0, 0.1) is 0 Å². The molecule has 0 saturated heterocycles. The van der Waals surface area contributed by atoms with Crippen LogP contribution in [0.5, 0.6) is 5.75 Å². The molecule has 0 saturated carbocycles. The van der Waals surface area contributed by atoms with Crippen molar-refractivity contribution in [3.63, 3.8) is 0 Å². The fraction of sp³-hybridized carbons (Fsp3) is 0.478. The molecule has 1 rings (SSSR count). The lowest BCUT2D eigenvalue weighted by atomic mass is 10.1. The maximum absolute atomic E-state index is 12.2. The maximum Gasteiger partial charge on any atom is 0.178 e. The van der Waals surface area contributed by atoms with Crippen LogP contribution in [0.4, 0.5) is 0 Å². The Kier molecular flexibility index (Phi) is 10.2. The minimum absolute atomic E-state index is 0.0775. The highest BCUT2D eigenvalue weighted by Gasteiger charge is 2.13. The van der Waals surface area contributed by atoms with E-state index >= 15 is 0 Å². The van der Waals surface area contributed by atoms with Gasteiger partial charge in [0.2, 0.25) is 0 Å². The van der Waals surface area contributed by atoms with Crippen molar-refractivity contribution in [2.45, 2.75) is 71.1 Å². The summed E-state index contributed by atoms with van der Waals surface area (Å²) in [5, 5.41) is 9.26. The first-order chi connectivity index (χ1) is 12.7. The zero-order valence-corrected chi connectivity index (χ0v) is 18.0. The van der Waals surface area contributed by atoms with Crippen LogP contribution in [-0.2, 0) is 9.84 Å². The van der Waals surface area contributed by atoms with Crippen LogP contribution in [0.25, 0.3) is 0 Å². The van der Waals surface area contributed by atoms with Gasteiger partial charge in [0.1, 0.15) is 5.75 Å². The number of hydrogen-bond donors (Lipinski definition) is 1. The monoisotopic (exact) mass is 390 g/mol. The van der Waals surface area contributed by atoms with Crippen LogP contribution in [0.2, 0.25) is 0 Å². The molecule has 27 heavy (non-hydrogen) atoms. The van der Waals surface area contributed by atoms with Gasteiger partial charge in [-0.05, 0) is 90.5 Å². The van der Waals surface area contributed by atoms with Gasteiger partial charge in [-0.3, -0.25) is 0 Å². The third-order valence-electron chi connectivity index (χ3n) is 4.43. The number of sulfone groups is 1. The average molecular weight is 391 g/mol. The van der Waals surface area contributed by atoms with Crippen LogP contribution in [-0.4, -0.2) is 19.3 Å². The first-order valence-electron chi connectivity index (χ1n) is 9.67. The number of phenolic OH excluding ortho intramolecular Hbond substituents is 1. The van der Waals surface area contributed by atoms with Crippen LogP contribution in [0.15, 0.2) is 64.1 Å². The molecule has 0 unspecified atom stereocenters. The average Bonchev–Trinajstić information content (AvgIpc) is 2.59. The van der Waals surface area contributed by atoms with Crippen molar-refractivity contribution in [3.8, 4) is 5.75 Å². The van der Waals surface area contributed by atoms with Gasteiger partial charge >= 0.3 is 0 Å². The summed E-state index contributed by atoms with van der Waals surface area (Å²) >= 11 is 0. The Balaban J connectivity index is 2.34. The van der Waals surface area contributed by atoms with Crippen LogP contribution in [0.3, 0.4) is 0 Å². The molecule has 0 aliphatic rings. The summed E-state index contributed by atoms with van der Waals surface area (Å²) in [6.45, 7) is 8.55. The summed E-state index contributed by atoms with van der Waals surface area (Å²) in [7, 11) is -3.27. The molecule has 1 N–H and O–H groups in total. The molecular formula is C23H34O3S. The van der Waals surface area contributed by atoms with Crippen LogP contribution in [0.1, 0.15) is 66.2 Å². The van der Waals surface area contributed by atoms with Gasteiger partial charge in [-0.15, -0.1) is 0 Å². The molecule has 0 fully saturated rings. The lowest BCUT2D eigenvalue weighted by molar-refractivity contribution is 0.475. The Morgan fingerprint density at radius 1 is 0.852 bits per heavy atom. The van der Waals surface area contributed by atoms with Gasteiger partial charge in [0.25, 0.3) is 0 Å². The van der Waals surface area contributed by atoms with E-state index in [1.165, 1.54) is 41.0 Å². The number of allylic oxidation sites excluding steroid dienone is 6. The number of benzene rings is 1. The van der Waals surface area contributed by atoms with E-state index in [-0.39, 0.29) is 16.4 Å². The summed E-state index contributed by atoms with van der Waals surface area (Å²) in [6.07, 6.45) is 12.4. The smallest absolute Gasteiger partial charge is 0.178 e. The summed E-state index contributed by atoms with van der Waals surface area (Å²) in [6, 6.07) is 5.73. The Hall–Kier alpha value is -1.81. The standard InChI is InChI=1S/C23H34O3S/c1-19(2)9-7-11-21(4)13-8-12-20(3)10-5-6-18-27(25,26)23-16-14-22(24)15-17-23/h9-10,13-17,24H,5-8,11-12,18H2,1-4H3. The minimum atomic E-state index is -3.27. The molecule has 0 spiro atoms. The van der Waals surface area contributed by atoms with Crippen molar-refractivity contribution in [2.75, 3.05) is 5.75 Å². The van der Waals surface area contributed by atoms with Gasteiger partial charge in [0, 0.05) is 0 Å². The molecule has 0 bridgehead atoms. The molecule has 0 aliphatic heterocycles. The zero-order chi connectivity index (χ0) is 20.3. The van der Waals surface area contributed by atoms with E-state index in [9.17, 15) is 13.5 Å². The molecule has 0 radical (unpaired) electrons. The second-order valence-electron chi connectivity index (χ2n) is 7.41. The predicted molar refractivity (Wildman–Crippen MR) is 115 cm³/mol. The third kappa shape index (κ3) is 10.2. The zero-order valence-electron chi connectivity index (χ0n) is 17.2. The van der Waals surface area contributed by atoms with Crippen LogP contribution < -0.4 is 0 Å². The quantitative estimate of drug-likeness (QED) is 0.353. The van der Waals surface area contributed by atoms with E-state index in [0.29, 0.717) is 6.42 Å². The third-order valence-corrected chi connectivity index (χ3v) is 6.25. The van der Waals surface area contributed by atoms with Gasteiger partial charge in [0.05, 0.1) is 10.6 Å². The number of phenols is 1. The fourth-order valence-electron chi connectivity index (χ4n) is 2.73. The van der Waals surface area contributed by atoms with E-state index in [0.717, 1.165) is 32.1 Å². The Bertz CT molecular complexity index is 762. The Morgan fingerprint density at radius 3 is 1.93 bits per heavy atom. The number of aromatic hydroxyl groups is 1. The second kappa shape index (κ2) is 11.8. The molecule has 0 amide bonds. The fourth-order valence-corrected chi connectivity index (χ4v) is 4.07. The normalized spacial score (nSPS) is 12.9. The lowest BCUT2D eigenvalue weighted by Gasteiger charge is -2.04. The van der Waals surface area contributed by atoms with Crippen molar-refractivity contribution >= 4 is 9.84 Å². The van der Waals surface area contributed by atoms with Crippen molar-refractivity contribution in [3.05, 3.63) is 59.2 Å². The summed E-state index contributed by atoms with van der Waals surface area (Å²) in [5.74, 6) is 0.207. The van der Waals surface area contributed by atoms with Crippen molar-refractivity contribution < 1.29 is 13.5 Å². The van der Waals surface area contributed by atoms with E-state index in [4.69, 9.17) is 0 Å². The molecule has 0 heterocycles. The van der Waals surface area contributed by atoms with Crippen LogP contribution >= 0.6 is 0 Å². The largest absolute Gasteiger partial charge is 0.508 e. The first kappa shape index (κ1) is 23.2.